The van der Waals surface area contributed by atoms with Crippen LogP contribution in [0.2, 0.25) is 19.6 Å². The van der Waals surface area contributed by atoms with Crippen molar-refractivity contribution in [2.75, 3.05) is 0 Å². The van der Waals surface area contributed by atoms with Crippen molar-refractivity contribution in [1.82, 2.24) is 9.55 Å². The maximum absolute atomic E-state index is 5.10. The lowest BCUT2D eigenvalue weighted by atomic mass is 9.92. The number of nitrogens with zero attached hydrogens (tertiary/aromatic N) is 2. The zero-order valence-corrected chi connectivity index (χ0v) is 20.9. The molecule has 0 saturated heterocycles. The van der Waals surface area contributed by atoms with Crippen LogP contribution in [0.4, 0.5) is 0 Å². The molecule has 0 aliphatic carbocycles. The molecule has 0 saturated carbocycles. The lowest BCUT2D eigenvalue weighted by Gasteiger charge is -2.27. The van der Waals surface area contributed by atoms with E-state index in [4.69, 9.17) is 4.98 Å². The Bertz CT molecular complexity index is 1180. The van der Waals surface area contributed by atoms with Crippen LogP contribution >= 0.6 is 0 Å². The van der Waals surface area contributed by atoms with Crippen LogP contribution in [0.5, 0.6) is 0 Å². The van der Waals surface area contributed by atoms with Crippen molar-refractivity contribution in [3.63, 3.8) is 0 Å². The van der Waals surface area contributed by atoms with Gasteiger partial charge in [-0.2, -0.15) is 0 Å². The fourth-order valence-corrected chi connectivity index (χ4v) is 5.46. The van der Waals surface area contributed by atoms with Gasteiger partial charge in [0.05, 0.1) is 24.8 Å². The zero-order chi connectivity index (χ0) is 22.3. The fraction of sp³-hybridized carbons (Fsp3) is 0.321. The minimum absolute atomic E-state index is 0.425. The van der Waals surface area contributed by atoms with Crippen LogP contribution in [0.25, 0.3) is 28.1 Å². The Kier molecular flexibility index (Phi) is 5.65. The molecule has 2 nitrogen and oxygen atoms in total. The highest BCUT2D eigenvalue weighted by Crippen LogP contribution is 2.37. The van der Waals surface area contributed by atoms with Gasteiger partial charge in [-0.25, -0.2) is 4.98 Å². The Hall–Kier alpha value is -2.65. The summed E-state index contributed by atoms with van der Waals surface area (Å²) in [6.07, 6.45) is 0. The van der Waals surface area contributed by atoms with Gasteiger partial charge in [0.2, 0.25) is 0 Å². The molecule has 0 atom stereocenters. The molecule has 0 radical (unpaired) electrons. The third-order valence-electron chi connectivity index (χ3n) is 6.10. The Morgan fingerprint density at radius 2 is 1.29 bits per heavy atom. The topological polar surface area (TPSA) is 17.8 Å². The lowest BCUT2D eigenvalue weighted by Crippen LogP contribution is -2.38. The SMILES string of the molecule is CC(C)c1cc([Si](C)(C)C)cc(C(C)C)c1-n1c(-c2ccccc2)nc2ccccc21. The van der Waals surface area contributed by atoms with Crippen LogP contribution in [0.3, 0.4) is 0 Å². The fourth-order valence-electron chi connectivity index (χ4n) is 4.28. The smallest absolute Gasteiger partial charge is 0.145 e. The highest BCUT2D eigenvalue weighted by atomic mass is 28.3. The summed E-state index contributed by atoms with van der Waals surface area (Å²) >= 11 is 0. The molecule has 160 valence electrons. The second-order valence-corrected chi connectivity index (χ2v) is 15.3. The second kappa shape index (κ2) is 8.12. The minimum Gasteiger partial charge on any atom is -0.292 e. The molecule has 4 rings (SSSR count). The van der Waals surface area contributed by atoms with Crippen LogP contribution in [-0.4, -0.2) is 17.6 Å². The number of benzene rings is 3. The summed E-state index contributed by atoms with van der Waals surface area (Å²) < 4.78 is 2.42. The Balaban J connectivity index is 2.16. The van der Waals surface area contributed by atoms with E-state index < -0.39 is 8.07 Å². The summed E-state index contributed by atoms with van der Waals surface area (Å²) in [5, 5.41) is 1.54. The average molecular weight is 427 g/mol. The Morgan fingerprint density at radius 3 is 1.84 bits per heavy atom. The molecular weight excluding hydrogens is 392 g/mol. The standard InChI is InChI=1S/C28H34N2Si/c1-19(2)23-17-22(31(5,6)7)18-24(20(3)4)27(23)30-26-16-12-11-15-25(26)29-28(30)21-13-9-8-10-14-21/h8-20H,1-7H3. The van der Waals surface area contributed by atoms with Gasteiger partial charge >= 0.3 is 0 Å². The predicted octanol–water partition coefficient (Wildman–Crippen LogP) is 7.48. The summed E-state index contributed by atoms with van der Waals surface area (Å²) in [7, 11) is -1.45. The van der Waals surface area contributed by atoms with Gasteiger partial charge in [-0.15, -0.1) is 0 Å². The van der Waals surface area contributed by atoms with Crippen LogP contribution in [0.15, 0.2) is 66.7 Å². The van der Waals surface area contributed by atoms with E-state index in [1.807, 2.05) is 0 Å². The van der Waals surface area contributed by atoms with E-state index in [0.717, 1.165) is 16.9 Å². The van der Waals surface area contributed by atoms with Gasteiger partial charge in [-0.3, -0.25) is 4.57 Å². The van der Waals surface area contributed by atoms with Gasteiger partial charge in [0.25, 0.3) is 0 Å². The number of rotatable bonds is 5. The zero-order valence-electron chi connectivity index (χ0n) is 19.9. The maximum atomic E-state index is 5.10. The van der Waals surface area contributed by atoms with Gasteiger partial charge in [0, 0.05) is 5.56 Å². The lowest BCUT2D eigenvalue weighted by molar-refractivity contribution is 0.812. The number of hydrogen-bond donors (Lipinski definition) is 0. The molecular formula is C28H34N2Si. The van der Waals surface area contributed by atoms with E-state index in [2.05, 4.69) is 119 Å². The highest BCUT2D eigenvalue weighted by molar-refractivity contribution is 6.88. The number of para-hydroxylation sites is 2. The molecule has 4 aromatic rings. The monoisotopic (exact) mass is 426 g/mol. The maximum Gasteiger partial charge on any atom is 0.145 e. The van der Waals surface area contributed by atoms with Gasteiger partial charge in [-0.1, -0.05) is 107 Å². The molecule has 1 heterocycles. The molecule has 0 bridgehead atoms. The van der Waals surface area contributed by atoms with Crippen molar-refractivity contribution in [1.29, 1.82) is 0 Å². The number of imidazole rings is 1. The van der Waals surface area contributed by atoms with Gasteiger partial charge in [0.1, 0.15) is 5.82 Å². The molecule has 3 heteroatoms. The first kappa shape index (κ1) is 21.6. The molecule has 31 heavy (non-hydrogen) atoms. The number of hydrogen-bond acceptors (Lipinski definition) is 1. The molecule has 0 unspecified atom stereocenters. The molecule has 1 aromatic heterocycles. The quantitative estimate of drug-likeness (QED) is 0.302. The van der Waals surface area contributed by atoms with Crippen LogP contribution < -0.4 is 5.19 Å². The summed E-state index contributed by atoms with van der Waals surface area (Å²) in [5.41, 5.74) is 7.52. The van der Waals surface area contributed by atoms with E-state index >= 15 is 0 Å². The van der Waals surface area contributed by atoms with E-state index in [-0.39, 0.29) is 0 Å². The van der Waals surface area contributed by atoms with Gasteiger partial charge in [0.15, 0.2) is 0 Å². The Morgan fingerprint density at radius 1 is 0.742 bits per heavy atom. The highest BCUT2D eigenvalue weighted by Gasteiger charge is 2.26. The third-order valence-corrected chi connectivity index (χ3v) is 8.12. The summed E-state index contributed by atoms with van der Waals surface area (Å²) in [6, 6.07) is 24.1. The van der Waals surface area contributed by atoms with Crippen molar-refractivity contribution < 1.29 is 0 Å². The summed E-state index contributed by atoms with van der Waals surface area (Å²) in [6.45, 7) is 16.6. The van der Waals surface area contributed by atoms with Crippen molar-refractivity contribution in [3.05, 3.63) is 77.9 Å². The van der Waals surface area contributed by atoms with Crippen molar-refractivity contribution in [2.45, 2.75) is 59.2 Å². The first-order chi connectivity index (χ1) is 14.7. The first-order valence-electron chi connectivity index (χ1n) is 11.4. The van der Waals surface area contributed by atoms with Gasteiger partial charge in [-0.05, 0) is 35.1 Å². The molecule has 0 spiro atoms. The normalized spacial score (nSPS) is 12.3. The van der Waals surface area contributed by atoms with Crippen LogP contribution in [0.1, 0.15) is 50.7 Å². The average Bonchev–Trinajstić information content (AvgIpc) is 3.12. The van der Waals surface area contributed by atoms with Gasteiger partial charge < -0.3 is 0 Å². The molecule has 0 N–H and O–H groups in total. The van der Waals surface area contributed by atoms with E-state index in [1.165, 1.54) is 27.5 Å². The van der Waals surface area contributed by atoms with Crippen molar-refractivity contribution >= 4 is 24.3 Å². The largest absolute Gasteiger partial charge is 0.292 e. The summed E-state index contributed by atoms with van der Waals surface area (Å²) in [4.78, 5) is 5.10. The third kappa shape index (κ3) is 3.99. The van der Waals surface area contributed by atoms with Crippen molar-refractivity contribution in [2.24, 2.45) is 0 Å². The van der Waals surface area contributed by atoms with E-state index in [1.54, 1.807) is 0 Å². The predicted molar refractivity (Wildman–Crippen MR) is 138 cm³/mol. The van der Waals surface area contributed by atoms with Crippen LogP contribution in [0, 0.1) is 0 Å². The Labute approximate surface area is 188 Å². The molecule has 0 aliphatic heterocycles. The second-order valence-electron chi connectivity index (χ2n) is 10.2. The minimum atomic E-state index is -1.45. The molecule has 0 aliphatic rings. The van der Waals surface area contributed by atoms with E-state index in [9.17, 15) is 0 Å². The molecule has 0 amide bonds. The van der Waals surface area contributed by atoms with Crippen molar-refractivity contribution in [3.8, 4) is 17.1 Å². The summed E-state index contributed by atoms with van der Waals surface area (Å²) in [5.74, 6) is 1.87. The van der Waals surface area contributed by atoms with Crippen LogP contribution in [-0.2, 0) is 0 Å². The first-order valence-corrected chi connectivity index (χ1v) is 14.9. The molecule has 0 fully saturated rings. The molecule has 3 aromatic carbocycles. The number of fused-ring (bicyclic) bond motifs is 1. The number of aromatic nitrogens is 2. The van der Waals surface area contributed by atoms with E-state index in [0.29, 0.717) is 11.8 Å².